The average molecular weight is 1580 g/mol. The predicted octanol–water partition coefficient (Wildman–Crippen LogP) is 23.0. The molecule has 0 saturated heterocycles. The normalized spacial score (nSPS) is 11.8. The maximum Gasteiger partial charge on any atom is 0.168 e. The van der Waals surface area contributed by atoms with Crippen LogP contribution in [-0.4, -0.2) is 64.5 Å². The smallest absolute Gasteiger partial charge is 0.168 e. The van der Waals surface area contributed by atoms with Crippen LogP contribution in [0.15, 0.2) is 231 Å². The summed E-state index contributed by atoms with van der Waals surface area (Å²) in [5, 5.41) is 72.5. The third kappa shape index (κ3) is 20.4. The number of nitriles is 6. The fraction of sp³-hybridized carbons (Fsp3) is 0.173. The van der Waals surface area contributed by atoms with Crippen molar-refractivity contribution in [2.24, 2.45) is 0 Å². The fourth-order valence-corrected chi connectivity index (χ4v) is 14.6. The summed E-state index contributed by atoms with van der Waals surface area (Å²) in [4.78, 5) is 0. The lowest BCUT2D eigenvalue weighted by Crippen LogP contribution is -2.02. The van der Waals surface area contributed by atoms with Crippen LogP contribution in [0.4, 0.5) is 0 Å². The van der Waals surface area contributed by atoms with Gasteiger partial charge in [0.2, 0.25) is 0 Å². The van der Waals surface area contributed by atoms with Crippen molar-refractivity contribution in [2.75, 3.05) is 49.8 Å². The van der Waals surface area contributed by atoms with E-state index in [-0.39, 0.29) is 0 Å². The number of ether oxygens (including phenoxy) is 7. The van der Waals surface area contributed by atoms with Crippen molar-refractivity contribution in [3.8, 4) is 105 Å². The molecule has 16 nitrogen and oxygen atoms in total. The Morgan fingerprint density at radius 2 is 0.600 bits per heavy atom. The molecule has 0 saturated carbocycles. The molecule has 0 amide bonds. The molecule has 0 bridgehead atoms. The Labute approximate surface area is 702 Å². The van der Waals surface area contributed by atoms with Gasteiger partial charge in [0.1, 0.15) is 40.2 Å². The number of rotatable bonds is 33. The number of hydrogen-bond donors (Lipinski definition) is 0. The van der Waals surface area contributed by atoms with Gasteiger partial charge in [-0.2, -0.15) is 31.6 Å². The van der Waals surface area contributed by atoms with Crippen LogP contribution in [0, 0.1) is 74.9 Å². The zero-order valence-electron chi connectivity index (χ0n) is 68.7. The summed E-state index contributed by atoms with van der Waals surface area (Å²) in [5.74, 6) is 5.13. The van der Waals surface area contributed by atoms with E-state index in [0.717, 1.165) is 120 Å². The highest BCUT2D eigenvalue weighted by Crippen LogP contribution is 2.40. The van der Waals surface area contributed by atoms with E-state index in [0.29, 0.717) is 129 Å². The minimum Gasteiger partial charge on any atom is -0.497 e. The van der Waals surface area contributed by atoms with Gasteiger partial charge >= 0.3 is 0 Å². The van der Waals surface area contributed by atoms with Crippen LogP contribution in [0.3, 0.4) is 0 Å². The molecule has 1 heterocycles. The van der Waals surface area contributed by atoms with Crippen molar-refractivity contribution in [3.63, 3.8) is 0 Å². The summed E-state index contributed by atoms with van der Waals surface area (Å²) in [6, 6.07) is 88.9. The SMILES string of the molecule is CCCCc1cccc(-c2nnc(-c3cccc(CCCc4ccc(/C(C#N)=C/c5ccc(/C(C#N)=C/c6ccc(/C(C#N)=C/c7cccc(C)c7)c(OC)c6)c(OC)c5)c(OC)c4)c3)n2-c2ccc(CCCc3ccc(/C(C#N)=C/c4ccc(/C(C#N)=C/c5ccc(/C(C#N)=C/c6cccc(OC)c6)c(OC)c5)c(OC)c4)c(OC)c3)cc2)c1. The molecule has 16 heteroatoms. The van der Waals surface area contributed by atoms with Gasteiger partial charge in [0, 0.05) is 50.2 Å². The van der Waals surface area contributed by atoms with Gasteiger partial charge in [0.05, 0.1) is 120 Å². The first-order valence-corrected chi connectivity index (χ1v) is 39.4. The van der Waals surface area contributed by atoms with Crippen LogP contribution < -0.4 is 33.2 Å². The van der Waals surface area contributed by atoms with Crippen LogP contribution in [0.2, 0.25) is 0 Å². The maximum absolute atomic E-state index is 10.6. The van der Waals surface area contributed by atoms with E-state index >= 15 is 0 Å². The number of methoxy groups -OCH3 is 7. The molecule has 0 spiro atoms. The summed E-state index contributed by atoms with van der Waals surface area (Å²) in [6.07, 6.45) is 18.6. The zero-order valence-corrected chi connectivity index (χ0v) is 68.7. The highest BCUT2D eigenvalue weighted by atomic mass is 16.5. The molecule has 12 aromatic rings. The summed E-state index contributed by atoms with van der Waals surface area (Å²) in [6.45, 7) is 4.21. The molecule has 0 aliphatic heterocycles. The van der Waals surface area contributed by atoms with Crippen molar-refractivity contribution >= 4 is 69.9 Å². The van der Waals surface area contributed by atoms with E-state index in [4.69, 9.17) is 43.4 Å². The van der Waals surface area contributed by atoms with Gasteiger partial charge < -0.3 is 33.2 Å². The van der Waals surface area contributed by atoms with Crippen molar-refractivity contribution in [1.29, 1.82) is 31.6 Å². The molecule has 0 radical (unpaired) electrons. The van der Waals surface area contributed by atoms with Crippen LogP contribution in [0.1, 0.15) is 133 Å². The monoisotopic (exact) mass is 1580 g/mol. The molecule has 12 rings (SSSR count). The fourth-order valence-electron chi connectivity index (χ4n) is 14.6. The molecule has 0 aliphatic rings. The summed E-state index contributed by atoms with van der Waals surface area (Å²) in [7, 11) is 11.0. The van der Waals surface area contributed by atoms with Gasteiger partial charge in [-0.15, -0.1) is 10.2 Å². The van der Waals surface area contributed by atoms with Gasteiger partial charge in [0.15, 0.2) is 11.6 Å². The topological polar surface area (TPSA) is 238 Å². The molecule has 592 valence electrons. The second-order valence-electron chi connectivity index (χ2n) is 28.7. The molecule has 0 fully saturated rings. The highest BCUT2D eigenvalue weighted by Gasteiger charge is 2.22. The lowest BCUT2D eigenvalue weighted by molar-refractivity contribution is 0.413. The van der Waals surface area contributed by atoms with Crippen LogP contribution in [-0.2, 0) is 32.1 Å². The van der Waals surface area contributed by atoms with E-state index < -0.39 is 0 Å². The zero-order chi connectivity index (χ0) is 84.4. The van der Waals surface area contributed by atoms with Gasteiger partial charge in [-0.1, -0.05) is 140 Å². The lowest BCUT2D eigenvalue weighted by atomic mass is 9.96. The highest BCUT2D eigenvalue weighted by molar-refractivity contribution is 5.99. The van der Waals surface area contributed by atoms with Crippen molar-refractivity contribution in [3.05, 3.63) is 331 Å². The minimum absolute atomic E-state index is 0.335. The largest absolute Gasteiger partial charge is 0.497 e. The minimum atomic E-state index is 0.335. The number of nitrogens with zero attached hydrogens (tertiary/aromatic N) is 9. The van der Waals surface area contributed by atoms with E-state index in [1.807, 2.05) is 128 Å². The average Bonchev–Trinajstić information content (AvgIpc) is 1.63. The number of benzene rings is 11. The summed E-state index contributed by atoms with van der Waals surface area (Å²) in [5.41, 5.74) is 20.0. The number of allylic oxidation sites excluding steroid dienone is 6. The molecular weight excluding hydrogens is 1490 g/mol. The van der Waals surface area contributed by atoms with Crippen molar-refractivity contribution in [1.82, 2.24) is 14.8 Å². The second-order valence-corrected chi connectivity index (χ2v) is 28.7. The summed E-state index contributed by atoms with van der Waals surface area (Å²) < 4.78 is 42.7. The Bertz CT molecular complexity index is 6270. The van der Waals surface area contributed by atoms with E-state index in [1.165, 1.54) is 18.2 Å². The van der Waals surface area contributed by atoms with Crippen molar-refractivity contribution < 1.29 is 33.2 Å². The van der Waals surface area contributed by atoms with E-state index in [1.54, 1.807) is 116 Å². The van der Waals surface area contributed by atoms with Crippen LogP contribution >= 0.6 is 0 Å². The quantitative estimate of drug-likeness (QED) is 0.0274. The van der Waals surface area contributed by atoms with Gasteiger partial charge in [-0.3, -0.25) is 4.57 Å². The van der Waals surface area contributed by atoms with Crippen molar-refractivity contribution in [2.45, 2.75) is 71.6 Å². The first-order chi connectivity index (χ1) is 58.7. The predicted molar refractivity (Wildman–Crippen MR) is 478 cm³/mol. The lowest BCUT2D eigenvalue weighted by Gasteiger charge is -2.14. The van der Waals surface area contributed by atoms with Crippen LogP contribution in [0.25, 0.3) is 98.4 Å². The number of unbranched alkanes of at least 4 members (excludes halogenated alkanes) is 1. The Morgan fingerprint density at radius 1 is 0.300 bits per heavy atom. The Kier molecular flexibility index (Phi) is 28.5. The van der Waals surface area contributed by atoms with Gasteiger partial charge in [0.25, 0.3) is 0 Å². The second kappa shape index (κ2) is 40.7. The number of hydrogen-bond acceptors (Lipinski definition) is 15. The van der Waals surface area contributed by atoms with Gasteiger partial charge in [-0.25, -0.2) is 0 Å². The van der Waals surface area contributed by atoms with E-state index in [2.05, 4.69) is 121 Å². The van der Waals surface area contributed by atoms with Crippen LogP contribution in [0.5, 0.6) is 40.2 Å². The third-order valence-electron chi connectivity index (χ3n) is 20.8. The third-order valence-corrected chi connectivity index (χ3v) is 20.8. The molecule has 11 aromatic carbocycles. The molecule has 0 N–H and O–H groups in total. The molecule has 0 atom stereocenters. The Hall–Kier alpha value is -15.5. The molecule has 1 aromatic heterocycles. The van der Waals surface area contributed by atoms with Gasteiger partial charge in [-0.05, 0) is 265 Å². The molecule has 120 heavy (non-hydrogen) atoms. The number of aromatic nitrogens is 3. The maximum atomic E-state index is 10.6. The Morgan fingerprint density at radius 3 is 0.942 bits per heavy atom. The first kappa shape index (κ1) is 84.0. The summed E-state index contributed by atoms with van der Waals surface area (Å²) >= 11 is 0. The van der Waals surface area contributed by atoms with E-state index in [9.17, 15) is 31.6 Å². The molecule has 0 aliphatic carbocycles. The Balaban J connectivity index is 0.705. The first-order valence-electron chi connectivity index (χ1n) is 39.4. The molecular formula is C104H89N9O7. The standard InChI is InChI=1S/C104H89N9O7/c1-10-11-19-71-24-15-28-81(48-71)103-111-112-104(82-29-16-25-72(49-82)21-14-23-74-34-42-92(98(58-74)116-5)86(66-108)53-78-38-45-95(101(62-78)119-8)87(67-109)54-79-35-43-93(99(59-79)117-6)83(63-105)50-75-26-12-18-69(2)47-75)113(103)89-39-31-70(32-40-89)20-13-22-73-33-41-91(97(57-73)115-4)85(65-107)52-77-37-46-96(102(61-77)120-9)88(68-110)55-80-36-44-94(100(60-80)118-7)84(64-106)51-76-27-17-30-90(56-76)114-3/h12,15-18,24-62H,10-11,13-14,19-23H2,1-9H3/b83-50+,84-51+,85-52+,86-53+,87-54+,88-55+. The molecule has 0 unspecified atom stereocenters. The number of aryl methyl sites for hydroxylation is 6.